The van der Waals surface area contributed by atoms with Crippen LogP contribution in [0.4, 0.5) is 0 Å². The summed E-state index contributed by atoms with van der Waals surface area (Å²) in [5.74, 6) is 3.03. The Hall–Kier alpha value is -2.22. The van der Waals surface area contributed by atoms with Gasteiger partial charge in [0.15, 0.2) is 5.78 Å². The van der Waals surface area contributed by atoms with Crippen molar-refractivity contribution in [2.75, 3.05) is 20.6 Å². The predicted octanol–water partition coefficient (Wildman–Crippen LogP) is 10.5. The molecule has 0 bridgehead atoms. The van der Waals surface area contributed by atoms with Crippen molar-refractivity contribution in [1.29, 1.82) is 0 Å². The van der Waals surface area contributed by atoms with Gasteiger partial charge < -0.3 is 20.1 Å². The minimum absolute atomic E-state index is 0.00139. The number of carboxylic acid groups (broad SMARTS) is 1. The molecule has 8 atom stereocenters. The van der Waals surface area contributed by atoms with Gasteiger partial charge in [-0.05, 0) is 153 Å². The minimum atomic E-state index is -0.250. The van der Waals surface area contributed by atoms with Gasteiger partial charge in [0.2, 0.25) is 0 Å². The molecule has 0 radical (unpaired) electrons. The Labute approximate surface area is 338 Å². The summed E-state index contributed by atoms with van der Waals surface area (Å²) in [6, 6.07) is 6.27. The van der Waals surface area contributed by atoms with Crippen molar-refractivity contribution >= 4 is 29.8 Å². The maximum Gasteiger partial charge on any atom is 0.306 e. The van der Waals surface area contributed by atoms with Gasteiger partial charge in [-0.2, -0.15) is 0 Å². The Morgan fingerprint density at radius 3 is 2.31 bits per heavy atom. The van der Waals surface area contributed by atoms with E-state index in [0.29, 0.717) is 42.3 Å². The number of carbonyl (C=O) groups excluding carboxylic acids is 2. The normalized spacial score (nSPS) is 33.9. The van der Waals surface area contributed by atoms with Gasteiger partial charge in [0.05, 0.1) is 6.42 Å². The molecule has 6 rings (SSSR count). The summed E-state index contributed by atoms with van der Waals surface area (Å²) in [6.07, 6.45) is 11.6. The molecule has 1 aromatic carbocycles. The van der Waals surface area contributed by atoms with Crippen LogP contribution in [0, 0.1) is 56.7 Å². The lowest BCUT2D eigenvalue weighted by molar-refractivity contribution is -0.213. The maximum absolute atomic E-state index is 14.0. The van der Waals surface area contributed by atoms with Crippen molar-refractivity contribution in [3.05, 3.63) is 45.5 Å². The second-order valence-corrected chi connectivity index (χ2v) is 21.5. The lowest BCUT2D eigenvalue weighted by atomic mass is 9.36. The number of ether oxygens (including phenoxy) is 1. The van der Waals surface area contributed by atoms with Gasteiger partial charge in [0.1, 0.15) is 6.10 Å². The fraction of sp³-hybridized carbons (Fsp3) is 0.766. The van der Waals surface area contributed by atoms with Gasteiger partial charge in [-0.15, -0.1) is 0 Å². The molecule has 0 heterocycles. The van der Waals surface area contributed by atoms with E-state index < -0.39 is 0 Å². The largest absolute Gasteiger partial charge is 0.483 e. The number of benzene rings is 1. The third kappa shape index (κ3) is 8.65. The molecule has 5 aliphatic carbocycles. The number of hydrogen-bond acceptors (Lipinski definition) is 6. The standard InChI is InChI=1S/C46H71ClN2O3.CH2O2/c1-29(2)40-35(50)25-46(22-23-48-27-30-12-13-32(47)24-31(30)28-49(10)11)21-16-34-33(41(40)46)14-15-37-44(34,8)19-17-36-43(6,7)38(18-20-45(36,37)9)52-39(51)26-42(3,4)5;2-1-3/h12-13,24,29,33-34,36-38,48H,14-23,25-28H2,1-11H3;1H,(H,2,3). The summed E-state index contributed by atoms with van der Waals surface area (Å²) in [4.78, 5) is 37.6. The Morgan fingerprint density at radius 1 is 1.00 bits per heavy atom. The molecule has 1 aromatic rings. The van der Waals surface area contributed by atoms with Crippen LogP contribution in [0.5, 0.6) is 0 Å². The number of halogens is 1. The molecule has 8 unspecified atom stereocenters. The molecule has 8 heteroatoms. The molecule has 0 aromatic heterocycles. The number of hydrogen-bond donors (Lipinski definition) is 2. The van der Waals surface area contributed by atoms with Crippen LogP contribution in [0.1, 0.15) is 144 Å². The van der Waals surface area contributed by atoms with Crippen molar-refractivity contribution in [3.8, 4) is 0 Å². The van der Waals surface area contributed by atoms with Crippen molar-refractivity contribution in [2.45, 2.75) is 152 Å². The van der Waals surface area contributed by atoms with E-state index in [4.69, 9.17) is 26.2 Å². The quantitative estimate of drug-likeness (QED) is 0.139. The van der Waals surface area contributed by atoms with Crippen LogP contribution >= 0.6 is 11.6 Å². The fourth-order valence-corrected chi connectivity index (χ4v) is 13.6. The molecule has 55 heavy (non-hydrogen) atoms. The molecule has 0 spiro atoms. The topological polar surface area (TPSA) is 95.9 Å². The third-order valence-electron chi connectivity index (χ3n) is 15.4. The van der Waals surface area contributed by atoms with Gasteiger partial charge in [-0.1, -0.05) is 85.6 Å². The minimum Gasteiger partial charge on any atom is -0.483 e. The number of rotatable bonds is 10. The van der Waals surface area contributed by atoms with Crippen molar-refractivity contribution < 1.29 is 24.2 Å². The lowest BCUT2D eigenvalue weighted by Crippen LogP contribution is -2.63. The van der Waals surface area contributed by atoms with Gasteiger partial charge in [0.25, 0.3) is 6.47 Å². The van der Waals surface area contributed by atoms with E-state index in [9.17, 15) is 9.59 Å². The van der Waals surface area contributed by atoms with Crippen LogP contribution in [0.3, 0.4) is 0 Å². The first-order valence-electron chi connectivity index (χ1n) is 21.3. The average molecular weight is 782 g/mol. The van der Waals surface area contributed by atoms with Crippen LogP contribution in [0.2, 0.25) is 5.02 Å². The second kappa shape index (κ2) is 16.6. The monoisotopic (exact) mass is 781 g/mol. The van der Waals surface area contributed by atoms with E-state index in [1.807, 2.05) is 6.07 Å². The fourth-order valence-electron chi connectivity index (χ4n) is 13.4. The Balaban J connectivity index is 0.00000187. The molecule has 0 amide bonds. The average Bonchev–Trinajstić information content (AvgIpc) is 3.37. The van der Waals surface area contributed by atoms with Crippen LogP contribution in [-0.4, -0.2) is 55.0 Å². The van der Waals surface area contributed by atoms with E-state index in [2.05, 4.69) is 98.8 Å². The highest BCUT2D eigenvalue weighted by atomic mass is 35.5. The van der Waals surface area contributed by atoms with E-state index >= 15 is 0 Å². The smallest absolute Gasteiger partial charge is 0.306 e. The first-order valence-corrected chi connectivity index (χ1v) is 21.7. The highest BCUT2D eigenvalue weighted by Gasteiger charge is 2.66. The molecule has 0 aliphatic heterocycles. The lowest BCUT2D eigenvalue weighted by Gasteiger charge is -2.69. The number of ketones is 1. The highest BCUT2D eigenvalue weighted by Crippen LogP contribution is 2.73. The number of fused-ring (bicyclic) bond motifs is 7. The van der Waals surface area contributed by atoms with Crippen LogP contribution in [0.15, 0.2) is 29.3 Å². The molecule has 7 nitrogen and oxygen atoms in total. The first kappa shape index (κ1) is 43.9. The molecule has 5 aliphatic rings. The Kier molecular flexibility index (Phi) is 13.2. The van der Waals surface area contributed by atoms with Gasteiger partial charge >= 0.3 is 5.97 Å². The third-order valence-corrected chi connectivity index (χ3v) is 15.6. The number of carbonyl (C=O) groups is 3. The maximum atomic E-state index is 14.0. The zero-order valence-corrected chi connectivity index (χ0v) is 36.8. The van der Waals surface area contributed by atoms with Crippen LogP contribution in [-0.2, 0) is 32.2 Å². The summed E-state index contributed by atoms with van der Waals surface area (Å²) in [5, 5.41) is 11.5. The number of nitrogens with one attached hydrogen (secondary N) is 1. The van der Waals surface area contributed by atoms with Gasteiger partial charge in [-0.3, -0.25) is 14.4 Å². The summed E-state index contributed by atoms with van der Waals surface area (Å²) in [7, 11) is 4.20. The Bertz CT molecular complexity index is 1610. The number of nitrogens with zero attached hydrogens (tertiary/aromatic N) is 1. The predicted molar refractivity (Wildman–Crippen MR) is 223 cm³/mol. The molecular weight excluding hydrogens is 708 g/mol. The van der Waals surface area contributed by atoms with E-state index in [-0.39, 0.29) is 51.5 Å². The van der Waals surface area contributed by atoms with Crippen molar-refractivity contribution in [3.63, 3.8) is 0 Å². The molecular formula is C47H73ClN2O5. The molecule has 2 N–H and O–H groups in total. The highest BCUT2D eigenvalue weighted by molar-refractivity contribution is 6.30. The molecule has 0 saturated heterocycles. The van der Waals surface area contributed by atoms with E-state index in [0.717, 1.165) is 50.3 Å². The summed E-state index contributed by atoms with van der Waals surface area (Å²) in [5.41, 5.74) is 5.75. The second-order valence-electron chi connectivity index (χ2n) is 21.1. The summed E-state index contributed by atoms with van der Waals surface area (Å²) in [6.45, 7) is 23.3. The van der Waals surface area contributed by atoms with Gasteiger partial charge in [-0.25, -0.2) is 0 Å². The molecule has 308 valence electrons. The zero-order chi connectivity index (χ0) is 40.7. The van der Waals surface area contributed by atoms with Gasteiger partial charge in [0, 0.05) is 35.4 Å². The summed E-state index contributed by atoms with van der Waals surface area (Å²) >= 11 is 6.39. The number of esters is 1. The zero-order valence-electron chi connectivity index (χ0n) is 36.1. The van der Waals surface area contributed by atoms with E-state index in [1.165, 1.54) is 48.8 Å². The van der Waals surface area contributed by atoms with E-state index in [1.54, 1.807) is 5.57 Å². The SMILES string of the molecule is CC(C)C1=C2C3CCC4C(C)(CCC5C(C)(C)C(OC(=O)CC(C)(C)C)CCC54C)C3CCC2(CCNCc2ccc(Cl)cc2CN(C)C)CC1=O.O=CO. The van der Waals surface area contributed by atoms with Crippen LogP contribution in [0.25, 0.3) is 0 Å². The van der Waals surface area contributed by atoms with Crippen molar-refractivity contribution in [1.82, 2.24) is 10.2 Å². The number of Topliss-reactive ketones (excluding diaryl/α,β-unsaturated/α-hetero) is 1. The molecule has 4 saturated carbocycles. The van der Waals surface area contributed by atoms with Crippen molar-refractivity contribution in [2.24, 2.45) is 56.7 Å². The Morgan fingerprint density at radius 2 is 1.67 bits per heavy atom. The first-order chi connectivity index (χ1) is 25.6. The van der Waals surface area contributed by atoms with Crippen LogP contribution < -0.4 is 5.32 Å². The summed E-state index contributed by atoms with van der Waals surface area (Å²) < 4.78 is 6.33. The number of allylic oxidation sites excluding steroid dienone is 2. The molecule has 4 fully saturated rings.